The monoisotopic (exact) mass is 247 g/mol. The van der Waals surface area contributed by atoms with E-state index in [1.54, 1.807) is 6.07 Å². The Hall–Kier alpha value is -1.84. The Morgan fingerprint density at radius 3 is 2.56 bits per heavy atom. The molecule has 0 spiro atoms. The van der Waals surface area contributed by atoms with Gasteiger partial charge in [-0.05, 0) is 49.8 Å². The molecule has 2 rings (SSSR count). The average Bonchev–Trinajstić information content (AvgIpc) is 3.13. The molecule has 0 aliphatic heterocycles. The Labute approximate surface area is 106 Å². The Morgan fingerprint density at radius 2 is 2.00 bits per heavy atom. The number of aryl methyl sites for hydroxylation is 1. The Kier molecular flexibility index (Phi) is 3.36. The van der Waals surface area contributed by atoms with E-state index in [2.05, 4.69) is 5.32 Å². The highest BCUT2D eigenvalue weighted by molar-refractivity contribution is 5.98. The van der Waals surface area contributed by atoms with E-state index in [9.17, 15) is 9.59 Å². The van der Waals surface area contributed by atoms with Crippen molar-refractivity contribution >= 4 is 11.9 Å². The van der Waals surface area contributed by atoms with E-state index in [1.165, 1.54) is 0 Å². The maximum atomic E-state index is 12.1. The lowest BCUT2D eigenvalue weighted by atomic mass is 10.0. The predicted molar refractivity (Wildman–Crippen MR) is 67.5 cm³/mol. The number of amides is 1. The third-order valence-corrected chi connectivity index (χ3v) is 3.50. The predicted octanol–water partition coefficient (Wildman–Crippen LogP) is 1.90. The van der Waals surface area contributed by atoms with Crippen molar-refractivity contribution in [1.82, 2.24) is 5.32 Å². The fourth-order valence-corrected chi connectivity index (χ4v) is 2.03. The van der Waals surface area contributed by atoms with Gasteiger partial charge in [0.2, 0.25) is 0 Å². The van der Waals surface area contributed by atoms with E-state index < -0.39 is 12.0 Å². The molecule has 0 radical (unpaired) electrons. The molecule has 0 saturated heterocycles. The second-order valence-electron chi connectivity index (χ2n) is 4.87. The van der Waals surface area contributed by atoms with Crippen LogP contribution >= 0.6 is 0 Å². The maximum absolute atomic E-state index is 12.1. The van der Waals surface area contributed by atoms with E-state index in [0.29, 0.717) is 5.56 Å². The van der Waals surface area contributed by atoms with Crippen LogP contribution in [-0.2, 0) is 4.79 Å². The van der Waals surface area contributed by atoms with Crippen molar-refractivity contribution in [3.8, 4) is 0 Å². The minimum Gasteiger partial charge on any atom is -0.480 e. The summed E-state index contributed by atoms with van der Waals surface area (Å²) in [5, 5.41) is 11.7. The second kappa shape index (κ2) is 4.80. The summed E-state index contributed by atoms with van der Waals surface area (Å²) in [6.07, 6.45) is 1.76. The van der Waals surface area contributed by atoms with Crippen LogP contribution in [0.3, 0.4) is 0 Å². The standard InChI is InChI=1S/C14H17NO3/c1-8-4-3-5-11(9(8)2)13(16)15-12(14(17)18)10-6-7-10/h3-5,10,12H,6-7H2,1-2H3,(H,15,16)(H,17,18). The summed E-state index contributed by atoms with van der Waals surface area (Å²) in [6.45, 7) is 3.80. The molecule has 18 heavy (non-hydrogen) atoms. The molecule has 1 aromatic rings. The van der Waals surface area contributed by atoms with Crippen molar-refractivity contribution in [2.45, 2.75) is 32.7 Å². The second-order valence-corrected chi connectivity index (χ2v) is 4.87. The molecule has 1 fully saturated rings. The quantitative estimate of drug-likeness (QED) is 0.854. The summed E-state index contributed by atoms with van der Waals surface area (Å²) in [5.74, 6) is -1.15. The number of hydrogen-bond donors (Lipinski definition) is 2. The van der Waals surface area contributed by atoms with E-state index in [-0.39, 0.29) is 11.8 Å². The van der Waals surface area contributed by atoms with E-state index in [4.69, 9.17) is 5.11 Å². The number of carbonyl (C=O) groups excluding carboxylic acids is 1. The highest BCUT2D eigenvalue weighted by Gasteiger charge is 2.37. The molecule has 1 unspecified atom stereocenters. The molecule has 0 heterocycles. The van der Waals surface area contributed by atoms with Crippen LogP contribution in [-0.4, -0.2) is 23.0 Å². The Balaban J connectivity index is 2.16. The van der Waals surface area contributed by atoms with Gasteiger partial charge < -0.3 is 10.4 Å². The SMILES string of the molecule is Cc1cccc(C(=O)NC(C(=O)O)C2CC2)c1C. The number of benzene rings is 1. The van der Waals surface area contributed by atoms with Crippen LogP contribution in [0.5, 0.6) is 0 Å². The number of carboxylic acids is 1. The third kappa shape index (κ3) is 2.53. The van der Waals surface area contributed by atoms with E-state index in [1.807, 2.05) is 26.0 Å². The van der Waals surface area contributed by atoms with E-state index in [0.717, 1.165) is 24.0 Å². The largest absolute Gasteiger partial charge is 0.480 e. The number of nitrogens with one attached hydrogen (secondary N) is 1. The number of carbonyl (C=O) groups is 2. The van der Waals surface area contributed by atoms with Crippen LogP contribution in [0.2, 0.25) is 0 Å². The summed E-state index contributed by atoms with van der Waals surface area (Å²) in [6, 6.07) is 4.72. The lowest BCUT2D eigenvalue weighted by molar-refractivity contribution is -0.139. The lowest BCUT2D eigenvalue weighted by Crippen LogP contribution is -2.42. The molecule has 4 nitrogen and oxygen atoms in total. The first kappa shape index (κ1) is 12.6. The van der Waals surface area contributed by atoms with Gasteiger partial charge in [-0.15, -0.1) is 0 Å². The van der Waals surface area contributed by atoms with Gasteiger partial charge in [-0.2, -0.15) is 0 Å². The minimum atomic E-state index is -0.948. The zero-order valence-electron chi connectivity index (χ0n) is 10.6. The summed E-state index contributed by atoms with van der Waals surface area (Å²) in [7, 11) is 0. The van der Waals surface area contributed by atoms with Crippen LogP contribution in [0.4, 0.5) is 0 Å². The zero-order valence-corrected chi connectivity index (χ0v) is 10.6. The molecule has 1 atom stereocenters. The first-order chi connectivity index (χ1) is 8.50. The highest BCUT2D eigenvalue weighted by atomic mass is 16.4. The molecule has 1 amide bonds. The van der Waals surface area contributed by atoms with Gasteiger partial charge in [0.05, 0.1) is 0 Å². The van der Waals surface area contributed by atoms with Crippen molar-refractivity contribution < 1.29 is 14.7 Å². The van der Waals surface area contributed by atoms with Crippen molar-refractivity contribution in [2.75, 3.05) is 0 Å². The van der Waals surface area contributed by atoms with Gasteiger partial charge in [0.15, 0.2) is 0 Å². The summed E-state index contributed by atoms with van der Waals surface area (Å²) in [4.78, 5) is 23.2. The van der Waals surface area contributed by atoms with Gasteiger partial charge in [-0.1, -0.05) is 12.1 Å². The van der Waals surface area contributed by atoms with Gasteiger partial charge in [-0.3, -0.25) is 4.79 Å². The molecule has 1 aromatic carbocycles. The van der Waals surface area contributed by atoms with Gasteiger partial charge in [0.1, 0.15) is 6.04 Å². The van der Waals surface area contributed by atoms with Crippen molar-refractivity contribution in [1.29, 1.82) is 0 Å². The molecular weight excluding hydrogens is 230 g/mol. The number of rotatable bonds is 4. The van der Waals surface area contributed by atoms with Crippen molar-refractivity contribution in [3.63, 3.8) is 0 Å². The number of aliphatic carboxylic acids is 1. The Bertz CT molecular complexity index is 492. The van der Waals surface area contributed by atoms with Crippen LogP contribution in [0.1, 0.15) is 34.3 Å². The van der Waals surface area contributed by atoms with Crippen LogP contribution in [0, 0.1) is 19.8 Å². The van der Waals surface area contributed by atoms with Crippen LogP contribution in [0.25, 0.3) is 0 Å². The summed E-state index contributed by atoms with van der Waals surface area (Å²) >= 11 is 0. The molecule has 4 heteroatoms. The normalized spacial score (nSPS) is 16.1. The molecule has 0 aromatic heterocycles. The zero-order chi connectivity index (χ0) is 13.3. The molecule has 1 aliphatic carbocycles. The van der Waals surface area contributed by atoms with Gasteiger partial charge in [0, 0.05) is 5.56 Å². The smallest absolute Gasteiger partial charge is 0.326 e. The van der Waals surface area contributed by atoms with Crippen LogP contribution in [0.15, 0.2) is 18.2 Å². The fraction of sp³-hybridized carbons (Fsp3) is 0.429. The van der Waals surface area contributed by atoms with Crippen LogP contribution < -0.4 is 5.32 Å². The minimum absolute atomic E-state index is 0.0940. The first-order valence-electron chi connectivity index (χ1n) is 6.10. The topological polar surface area (TPSA) is 66.4 Å². The number of carboxylic acid groups (broad SMARTS) is 1. The molecular formula is C14H17NO3. The van der Waals surface area contributed by atoms with Crippen molar-refractivity contribution in [2.24, 2.45) is 5.92 Å². The van der Waals surface area contributed by atoms with Gasteiger partial charge in [0.25, 0.3) is 5.91 Å². The fourth-order valence-electron chi connectivity index (χ4n) is 2.03. The maximum Gasteiger partial charge on any atom is 0.326 e. The van der Waals surface area contributed by atoms with Crippen molar-refractivity contribution in [3.05, 3.63) is 34.9 Å². The molecule has 1 aliphatic rings. The molecule has 0 bridgehead atoms. The summed E-state index contributed by atoms with van der Waals surface area (Å²) in [5.41, 5.74) is 2.48. The van der Waals surface area contributed by atoms with Gasteiger partial charge >= 0.3 is 5.97 Å². The summed E-state index contributed by atoms with van der Waals surface area (Å²) < 4.78 is 0. The molecule has 96 valence electrons. The molecule has 2 N–H and O–H groups in total. The Morgan fingerprint density at radius 1 is 1.33 bits per heavy atom. The first-order valence-corrected chi connectivity index (χ1v) is 6.10. The van der Waals surface area contributed by atoms with Gasteiger partial charge in [-0.25, -0.2) is 4.79 Å². The van der Waals surface area contributed by atoms with E-state index >= 15 is 0 Å². The molecule has 1 saturated carbocycles. The third-order valence-electron chi connectivity index (χ3n) is 3.50. The average molecular weight is 247 g/mol. The highest BCUT2D eigenvalue weighted by Crippen LogP contribution is 2.33. The number of hydrogen-bond acceptors (Lipinski definition) is 2. The lowest BCUT2D eigenvalue weighted by Gasteiger charge is -2.15.